The minimum atomic E-state index is -0.186. The van der Waals surface area contributed by atoms with E-state index in [1.165, 1.54) is 6.07 Å². The number of rotatable bonds is 7. The highest BCUT2D eigenvalue weighted by Crippen LogP contribution is 2.20. The minimum absolute atomic E-state index is 0.183. The molecule has 0 aliphatic rings. The van der Waals surface area contributed by atoms with Crippen molar-refractivity contribution < 1.29 is 14.6 Å². The largest absolute Gasteiger partial charge is 0.508 e. The Hall–Kier alpha value is -3.93. The molecule has 4 rings (SSSR count). The van der Waals surface area contributed by atoms with E-state index >= 15 is 0 Å². The summed E-state index contributed by atoms with van der Waals surface area (Å²) in [6, 6.07) is 26.9. The van der Waals surface area contributed by atoms with Crippen LogP contribution in [0, 0.1) is 0 Å². The summed E-state index contributed by atoms with van der Waals surface area (Å²) in [6.45, 7) is 0.552. The van der Waals surface area contributed by atoms with E-state index in [9.17, 15) is 9.90 Å². The van der Waals surface area contributed by atoms with Gasteiger partial charge in [0.15, 0.2) is 0 Å². The molecule has 0 radical (unpaired) electrons. The lowest BCUT2D eigenvalue weighted by Crippen LogP contribution is -2.20. The fraction of sp³-hybridized carbons (Fsp3) is 0.0870. The third-order valence-corrected chi connectivity index (χ3v) is 4.30. The van der Waals surface area contributed by atoms with Crippen LogP contribution < -0.4 is 15.0 Å². The molecule has 1 heterocycles. The van der Waals surface area contributed by atoms with Gasteiger partial charge >= 0.3 is 0 Å². The number of nitrogens with zero attached hydrogens (tertiary/aromatic N) is 2. The Morgan fingerprint density at radius 2 is 1.24 bits per heavy atom. The topological polar surface area (TPSA) is 65.6 Å². The Balaban J connectivity index is 1.58. The van der Waals surface area contributed by atoms with Crippen molar-refractivity contribution in [2.24, 2.45) is 0 Å². The fourth-order valence-corrected chi connectivity index (χ4v) is 3.00. The van der Waals surface area contributed by atoms with Crippen molar-refractivity contribution in [1.29, 1.82) is 0 Å². The van der Waals surface area contributed by atoms with Crippen LogP contribution in [0.1, 0.15) is 0 Å². The average molecular weight is 388 g/mol. The molecule has 0 saturated carbocycles. The highest BCUT2D eigenvalue weighted by atomic mass is 16.5. The van der Waals surface area contributed by atoms with Crippen molar-refractivity contribution in [3.05, 3.63) is 101 Å². The van der Waals surface area contributed by atoms with Gasteiger partial charge in [-0.15, -0.1) is 0 Å². The summed E-state index contributed by atoms with van der Waals surface area (Å²) in [5.74, 6) is 1.25. The molecule has 3 aromatic carbocycles. The molecule has 0 atom stereocenters. The van der Waals surface area contributed by atoms with E-state index in [-0.39, 0.29) is 17.9 Å². The van der Waals surface area contributed by atoms with Gasteiger partial charge in [-0.1, -0.05) is 36.4 Å². The van der Waals surface area contributed by atoms with Crippen molar-refractivity contribution >= 4 is 0 Å². The molecule has 0 fully saturated rings. The second kappa shape index (κ2) is 8.39. The van der Waals surface area contributed by atoms with Gasteiger partial charge in [-0.2, -0.15) is 0 Å². The van der Waals surface area contributed by atoms with Gasteiger partial charge in [0, 0.05) is 0 Å². The maximum Gasteiger partial charge on any atom is 0.275 e. The first-order valence-electron chi connectivity index (χ1n) is 9.23. The van der Waals surface area contributed by atoms with Gasteiger partial charge in [-0.3, -0.25) is 4.79 Å². The zero-order valence-electron chi connectivity index (χ0n) is 15.6. The molecule has 0 bridgehead atoms. The molecule has 0 saturated heterocycles. The summed E-state index contributed by atoms with van der Waals surface area (Å²) in [7, 11) is 0. The molecule has 4 aromatic rings. The van der Waals surface area contributed by atoms with Crippen LogP contribution in [-0.2, 0) is 0 Å². The van der Waals surface area contributed by atoms with Gasteiger partial charge < -0.3 is 14.6 Å². The first kappa shape index (κ1) is 18.4. The standard InChI is InChI=1S/C23H20N2O4/c26-20-11-13-21(14-12-20)28-15-16-29-23-17-22(27)24(18-7-3-1-4-8-18)25(23)19-9-5-2-6-10-19/h1-14,17,26H,15-16H2. The number of ether oxygens (including phenoxy) is 2. The van der Waals surface area contributed by atoms with E-state index in [0.717, 1.165) is 11.4 Å². The summed E-state index contributed by atoms with van der Waals surface area (Å²) in [4.78, 5) is 12.7. The molecule has 1 aromatic heterocycles. The number of hydrogen-bond acceptors (Lipinski definition) is 4. The number of para-hydroxylation sites is 2. The fourth-order valence-electron chi connectivity index (χ4n) is 3.00. The lowest BCUT2D eigenvalue weighted by Gasteiger charge is -2.15. The van der Waals surface area contributed by atoms with Crippen LogP contribution in [0.2, 0.25) is 0 Å². The summed E-state index contributed by atoms with van der Waals surface area (Å²) in [5.41, 5.74) is 1.37. The van der Waals surface area contributed by atoms with E-state index in [0.29, 0.717) is 18.2 Å². The van der Waals surface area contributed by atoms with Gasteiger partial charge in [0.1, 0.15) is 24.7 Å². The maximum atomic E-state index is 12.7. The Morgan fingerprint density at radius 1 is 0.690 bits per heavy atom. The van der Waals surface area contributed by atoms with E-state index in [1.807, 2.05) is 60.7 Å². The molecule has 1 N–H and O–H groups in total. The molecule has 146 valence electrons. The van der Waals surface area contributed by atoms with E-state index in [2.05, 4.69) is 0 Å². The second-order valence-corrected chi connectivity index (χ2v) is 6.31. The number of aromatic hydroxyl groups is 1. The van der Waals surface area contributed by atoms with E-state index < -0.39 is 0 Å². The SMILES string of the molecule is O=c1cc(OCCOc2ccc(O)cc2)n(-c2ccccc2)n1-c1ccccc1. The summed E-state index contributed by atoms with van der Waals surface area (Å²) in [6.07, 6.45) is 0. The van der Waals surface area contributed by atoms with Gasteiger partial charge in [0.2, 0.25) is 5.88 Å². The van der Waals surface area contributed by atoms with Crippen molar-refractivity contribution in [2.45, 2.75) is 0 Å². The summed E-state index contributed by atoms with van der Waals surface area (Å²) < 4.78 is 14.8. The number of phenols is 1. The van der Waals surface area contributed by atoms with Gasteiger partial charge in [0.25, 0.3) is 5.56 Å². The van der Waals surface area contributed by atoms with E-state index in [1.54, 1.807) is 33.6 Å². The van der Waals surface area contributed by atoms with Crippen molar-refractivity contribution in [3.63, 3.8) is 0 Å². The Kier molecular flexibility index (Phi) is 5.33. The van der Waals surface area contributed by atoms with Crippen LogP contribution >= 0.6 is 0 Å². The monoisotopic (exact) mass is 388 g/mol. The quantitative estimate of drug-likeness (QED) is 0.489. The zero-order valence-corrected chi connectivity index (χ0v) is 15.6. The third kappa shape index (κ3) is 4.16. The van der Waals surface area contributed by atoms with Crippen LogP contribution in [-0.4, -0.2) is 27.7 Å². The van der Waals surface area contributed by atoms with Crippen LogP contribution in [0.3, 0.4) is 0 Å². The Morgan fingerprint density at radius 3 is 1.86 bits per heavy atom. The summed E-state index contributed by atoms with van der Waals surface area (Å²) >= 11 is 0. The predicted octanol–water partition coefficient (Wildman–Crippen LogP) is 3.79. The lowest BCUT2D eigenvalue weighted by atomic mass is 10.3. The molecule has 0 aliphatic carbocycles. The van der Waals surface area contributed by atoms with Gasteiger partial charge in [-0.25, -0.2) is 9.36 Å². The molecule has 0 amide bonds. The maximum absolute atomic E-state index is 12.7. The van der Waals surface area contributed by atoms with Crippen LogP contribution in [0.25, 0.3) is 11.4 Å². The van der Waals surface area contributed by atoms with Crippen LogP contribution in [0.15, 0.2) is 95.8 Å². The highest BCUT2D eigenvalue weighted by Gasteiger charge is 2.15. The number of benzene rings is 3. The first-order chi connectivity index (χ1) is 14.2. The minimum Gasteiger partial charge on any atom is -0.508 e. The average Bonchev–Trinajstić information content (AvgIpc) is 3.09. The van der Waals surface area contributed by atoms with Crippen molar-refractivity contribution in [2.75, 3.05) is 13.2 Å². The van der Waals surface area contributed by atoms with Crippen molar-refractivity contribution in [3.8, 4) is 28.8 Å². The zero-order chi connectivity index (χ0) is 20.1. The number of aromatic nitrogens is 2. The number of phenolic OH excluding ortho intramolecular Hbond substituents is 1. The molecule has 6 heteroatoms. The lowest BCUT2D eigenvalue weighted by molar-refractivity contribution is 0.207. The van der Waals surface area contributed by atoms with Gasteiger partial charge in [0.05, 0.1) is 17.4 Å². The Labute approximate surface area is 167 Å². The second-order valence-electron chi connectivity index (χ2n) is 6.31. The molecule has 0 unspecified atom stereocenters. The molecule has 29 heavy (non-hydrogen) atoms. The van der Waals surface area contributed by atoms with Crippen LogP contribution in [0.5, 0.6) is 17.4 Å². The highest BCUT2D eigenvalue weighted by molar-refractivity contribution is 5.40. The smallest absolute Gasteiger partial charge is 0.275 e. The van der Waals surface area contributed by atoms with Crippen molar-refractivity contribution in [1.82, 2.24) is 9.36 Å². The molecule has 6 nitrogen and oxygen atoms in total. The van der Waals surface area contributed by atoms with E-state index in [4.69, 9.17) is 9.47 Å². The third-order valence-electron chi connectivity index (χ3n) is 4.30. The molecule has 0 spiro atoms. The predicted molar refractivity (Wildman–Crippen MR) is 110 cm³/mol. The first-order valence-corrected chi connectivity index (χ1v) is 9.23. The molecular formula is C23H20N2O4. The van der Waals surface area contributed by atoms with Gasteiger partial charge in [-0.05, 0) is 48.5 Å². The normalized spacial score (nSPS) is 10.6. The Bertz CT molecular complexity index is 1120. The molecular weight excluding hydrogens is 368 g/mol. The van der Waals surface area contributed by atoms with Crippen LogP contribution in [0.4, 0.5) is 0 Å². The summed E-state index contributed by atoms with van der Waals surface area (Å²) in [5, 5.41) is 9.32. The molecule has 0 aliphatic heterocycles. The number of hydrogen-bond donors (Lipinski definition) is 1.